The zero-order valence-electron chi connectivity index (χ0n) is 15.1. The van der Waals surface area contributed by atoms with Crippen LogP contribution in [-0.4, -0.2) is 17.1 Å². The minimum atomic E-state index is -0.127. The normalized spacial score (nSPS) is 23.4. The van der Waals surface area contributed by atoms with Crippen LogP contribution in [0.4, 0.5) is 0 Å². The van der Waals surface area contributed by atoms with Gasteiger partial charge in [0.15, 0.2) is 0 Å². The van der Waals surface area contributed by atoms with E-state index in [0.29, 0.717) is 11.3 Å². The molecule has 0 aliphatic heterocycles. The Morgan fingerprint density at radius 2 is 2.19 bits per heavy atom. The molecule has 0 spiro atoms. The van der Waals surface area contributed by atoms with Crippen molar-refractivity contribution in [2.75, 3.05) is 0 Å². The zero-order chi connectivity index (χ0) is 18.1. The number of carbonyl (C=O) groups excluding carboxylic acids is 1. The molecule has 5 heteroatoms. The third kappa shape index (κ3) is 3.23. The maximum absolute atomic E-state index is 12.1. The molecule has 2 bridgehead atoms. The van der Waals surface area contributed by atoms with Crippen molar-refractivity contribution < 1.29 is 4.79 Å². The molecule has 1 aromatic heterocycles. The minimum absolute atomic E-state index is 0.127. The summed E-state index contributed by atoms with van der Waals surface area (Å²) in [6.07, 6.45) is 6.73. The van der Waals surface area contributed by atoms with Crippen LogP contribution >= 0.6 is 11.3 Å². The number of benzene rings is 1. The van der Waals surface area contributed by atoms with Crippen LogP contribution in [0.5, 0.6) is 0 Å². The molecule has 4 nitrogen and oxygen atoms in total. The minimum Gasteiger partial charge on any atom is -0.273 e. The number of rotatable bonds is 5. The Morgan fingerprint density at radius 1 is 1.38 bits per heavy atom. The molecule has 1 saturated carbocycles. The van der Waals surface area contributed by atoms with Crippen molar-refractivity contribution in [3.63, 3.8) is 0 Å². The van der Waals surface area contributed by atoms with Crippen LogP contribution in [0.1, 0.15) is 31.7 Å². The molecule has 0 radical (unpaired) electrons. The second-order valence-corrected chi connectivity index (χ2v) is 8.65. The van der Waals surface area contributed by atoms with Crippen molar-refractivity contribution in [1.29, 1.82) is 0 Å². The van der Waals surface area contributed by atoms with E-state index in [1.807, 2.05) is 41.9 Å². The monoisotopic (exact) mass is 365 g/mol. The number of hydrazone groups is 1. The van der Waals surface area contributed by atoms with Crippen LogP contribution in [0.15, 0.2) is 52.5 Å². The lowest BCUT2D eigenvalue weighted by Crippen LogP contribution is -2.48. The highest BCUT2D eigenvalue weighted by atomic mass is 32.1. The third-order valence-corrected chi connectivity index (χ3v) is 6.70. The van der Waals surface area contributed by atoms with Gasteiger partial charge < -0.3 is 0 Å². The molecule has 1 N–H and O–H groups in total. The summed E-state index contributed by atoms with van der Waals surface area (Å²) >= 11 is 1.51. The number of nitrogens with zero attached hydrogens (tertiary/aromatic N) is 2. The van der Waals surface area contributed by atoms with Gasteiger partial charge in [-0.25, -0.2) is 10.4 Å². The van der Waals surface area contributed by atoms with Gasteiger partial charge in [0.1, 0.15) is 5.01 Å². The van der Waals surface area contributed by atoms with Crippen LogP contribution in [0.3, 0.4) is 0 Å². The quantitative estimate of drug-likeness (QED) is 0.629. The topological polar surface area (TPSA) is 54.4 Å². The summed E-state index contributed by atoms with van der Waals surface area (Å²) in [5.74, 6) is 1.26. The Kier molecular flexibility index (Phi) is 4.49. The molecule has 1 heterocycles. The van der Waals surface area contributed by atoms with Gasteiger partial charge in [-0.1, -0.05) is 50.3 Å². The van der Waals surface area contributed by atoms with E-state index in [2.05, 4.69) is 35.4 Å². The molecule has 3 aliphatic carbocycles. The molecule has 1 aromatic carbocycles. The van der Waals surface area contributed by atoms with Crippen LogP contribution in [0.2, 0.25) is 0 Å². The van der Waals surface area contributed by atoms with Crippen molar-refractivity contribution in [2.24, 2.45) is 22.4 Å². The van der Waals surface area contributed by atoms with E-state index >= 15 is 0 Å². The van der Waals surface area contributed by atoms with E-state index in [1.54, 1.807) is 0 Å². The average Bonchev–Trinajstić information content (AvgIpc) is 3.11. The molecule has 1 fully saturated rings. The Hall–Kier alpha value is -2.27. The first-order valence-electron chi connectivity index (χ1n) is 9.06. The van der Waals surface area contributed by atoms with Gasteiger partial charge in [0, 0.05) is 10.9 Å². The predicted molar refractivity (Wildman–Crippen MR) is 106 cm³/mol. The summed E-state index contributed by atoms with van der Waals surface area (Å²) in [4.78, 5) is 16.7. The SMILES string of the molecule is CC1(C)C2CC=C(/C=N/NC(=O)Cc3nc(-c4ccccc4)cs3)C1C2. The van der Waals surface area contributed by atoms with Crippen molar-refractivity contribution >= 4 is 23.5 Å². The van der Waals surface area contributed by atoms with Crippen LogP contribution in [0.25, 0.3) is 11.3 Å². The number of thiazole rings is 1. The second kappa shape index (κ2) is 6.80. The predicted octanol–water partition coefficient (Wildman–Crippen LogP) is 4.45. The Labute approximate surface area is 158 Å². The molecule has 26 heavy (non-hydrogen) atoms. The molecule has 5 rings (SSSR count). The average molecular weight is 366 g/mol. The largest absolute Gasteiger partial charge is 0.273 e. The van der Waals surface area contributed by atoms with Gasteiger partial charge in [-0.3, -0.25) is 4.79 Å². The number of fused-ring (bicyclic) bond motifs is 1. The first kappa shape index (κ1) is 17.2. The van der Waals surface area contributed by atoms with Crippen LogP contribution in [-0.2, 0) is 11.2 Å². The first-order valence-corrected chi connectivity index (χ1v) is 9.94. The number of amides is 1. The van der Waals surface area contributed by atoms with Gasteiger partial charge in [0.05, 0.1) is 18.3 Å². The highest BCUT2D eigenvalue weighted by molar-refractivity contribution is 7.10. The van der Waals surface area contributed by atoms with Gasteiger partial charge in [-0.2, -0.15) is 5.10 Å². The zero-order valence-corrected chi connectivity index (χ0v) is 15.9. The number of carbonyl (C=O) groups is 1. The van der Waals surface area contributed by atoms with Crippen molar-refractivity contribution in [2.45, 2.75) is 33.1 Å². The van der Waals surface area contributed by atoms with Crippen LogP contribution < -0.4 is 5.43 Å². The lowest BCUT2D eigenvalue weighted by Gasteiger charge is -2.55. The van der Waals surface area contributed by atoms with Gasteiger partial charge >= 0.3 is 0 Å². The summed E-state index contributed by atoms with van der Waals surface area (Å²) in [6.45, 7) is 4.66. The fourth-order valence-corrected chi connectivity index (χ4v) is 4.84. The van der Waals surface area contributed by atoms with E-state index in [1.165, 1.54) is 23.3 Å². The number of aromatic nitrogens is 1. The van der Waals surface area contributed by atoms with E-state index in [-0.39, 0.29) is 12.3 Å². The molecule has 3 aliphatic rings. The highest BCUT2D eigenvalue weighted by Gasteiger charge is 2.50. The summed E-state index contributed by atoms with van der Waals surface area (Å²) in [7, 11) is 0. The summed E-state index contributed by atoms with van der Waals surface area (Å²) in [5.41, 5.74) is 6.26. The van der Waals surface area contributed by atoms with Gasteiger partial charge in [-0.15, -0.1) is 11.3 Å². The molecule has 2 unspecified atom stereocenters. The summed E-state index contributed by atoms with van der Waals surface area (Å²) < 4.78 is 0. The lowest BCUT2D eigenvalue weighted by molar-refractivity contribution is -0.120. The number of hydrogen-bond acceptors (Lipinski definition) is 4. The molecule has 134 valence electrons. The Morgan fingerprint density at radius 3 is 2.92 bits per heavy atom. The van der Waals surface area contributed by atoms with Crippen molar-refractivity contribution in [3.05, 3.63) is 52.4 Å². The summed E-state index contributed by atoms with van der Waals surface area (Å²) in [5, 5.41) is 6.97. The third-order valence-electron chi connectivity index (χ3n) is 5.85. The standard InChI is InChI=1S/C21H23N3OS/c1-21(2)16-9-8-15(17(21)10-16)12-22-24-19(25)11-20-23-18(13-26-20)14-6-4-3-5-7-14/h3-8,12-13,16-17H,9-11H2,1-2H3,(H,24,25)/b22-12+. The number of nitrogens with one attached hydrogen (secondary N) is 1. The van der Waals surface area contributed by atoms with E-state index < -0.39 is 0 Å². The Bertz CT molecular complexity index is 866. The van der Waals surface area contributed by atoms with E-state index in [0.717, 1.165) is 28.6 Å². The van der Waals surface area contributed by atoms with Crippen molar-refractivity contribution in [3.8, 4) is 11.3 Å². The fourth-order valence-electron chi connectivity index (χ4n) is 4.03. The first-order chi connectivity index (χ1) is 12.5. The molecule has 1 amide bonds. The molecule has 2 atom stereocenters. The smallest absolute Gasteiger partial charge is 0.246 e. The van der Waals surface area contributed by atoms with Crippen molar-refractivity contribution in [1.82, 2.24) is 10.4 Å². The molecule has 0 saturated heterocycles. The lowest BCUT2D eigenvalue weighted by atomic mass is 9.49. The van der Waals surface area contributed by atoms with Gasteiger partial charge in [0.2, 0.25) is 5.91 Å². The fraction of sp³-hybridized carbons (Fsp3) is 0.381. The van der Waals surface area contributed by atoms with E-state index in [4.69, 9.17) is 0 Å². The maximum Gasteiger partial charge on any atom is 0.246 e. The summed E-state index contributed by atoms with van der Waals surface area (Å²) in [6, 6.07) is 10.00. The van der Waals surface area contributed by atoms with E-state index in [9.17, 15) is 4.79 Å². The van der Waals surface area contributed by atoms with Crippen LogP contribution in [0, 0.1) is 17.3 Å². The molecular weight excluding hydrogens is 342 g/mol. The van der Waals surface area contributed by atoms with Gasteiger partial charge in [-0.05, 0) is 35.7 Å². The molecule has 2 aromatic rings. The molecular formula is C21H23N3OS. The second-order valence-electron chi connectivity index (χ2n) is 7.71. The number of allylic oxidation sites excluding steroid dienone is 2. The number of hydrogen-bond donors (Lipinski definition) is 1. The highest BCUT2D eigenvalue weighted by Crippen LogP contribution is 2.58. The van der Waals surface area contributed by atoms with Gasteiger partial charge in [0.25, 0.3) is 0 Å². The Balaban J connectivity index is 1.32. The maximum atomic E-state index is 12.1.